The van der Waals surface area contributed by atoms with Crippen molar-refractivity contribution >= 4 is 5.91 Å². The van der Waals surface area contributed by atoms with Gasteiger partial charge in [-0.05, 0) is 62.1 Å². The number of halogens is 1. The average molecular weight is 375 g/mol. The van der Waals surface area contributed by atoms with Gasteiger partial charge < -0.3 is 9.64 Å². The Labute approximate surface area is 161 Å². The highest BCUT2D eigenvalue weighted by Crippen LogP contribution is 2.39. The summed E-state index contributed by atoms with van der Waals surface area (Å²) in [5.41, 5.74) is 0.983. The van der Waals surface area contributed by atoms with Gasteiger partial charge in [-0.3, -0.25) is 9.69 Å². The zero-order chi connectivity index (χ0) is 18.7. The van der Waals surface area contributed by atoms with Crippen molar-refractivity contribution in [1.29, 1.82) is 0 Å². The van der Waals surface area contributed by atoms with E-state index in [-0.39, 0.29) is 11.4 Å². The highest BCUT2D eigenvalue weighted by Gasteiger charge is 2.41. The van der Waals surface area contributed by atoms with Crippen LogP contribution < -0.4 is 0 Å². The van der Waals surface area contributed by atoms with Gasteiger partial charge in [0.2, 0.25) is 5.91 Å². The molecule has 0 saturated carbocycles. The number of carbonyl (C=O) groups is 1. The number of ether oxygens (including phenoxy) is 1. The summed E-state index contributed by atoms with van der Waals surface area (Å²) in [5, 5.41) is 0. The quantitative estimate of drug-likeness (QED) is 0.807. The Bertz CT molecular complexity index is 651. The summed E-state index contributed by atoms with van der Waals surface area (Å²) in [7, 11) is 0. The molecule has 1 atom stereocenters. The number of piperidine rings is 1. The number of hydrogen-bond acceptors (Lipinski definition) is 3. The highest BCUT2D eigenvalue weighted by atomic mass is 19.1. The topological polar surface area (TPSA) is 32.8 Å². The van der Waals surface area contributed by atoms with Gasteiger partial charge in [-0.2, -0.15) is 0 Å². The summed E-state index contributed by atoms with van der Waals surface area (Å²) in [5.74, 6) is 0.641. The normalized spacial score (nSPS) is 25.8. The fourth-order valence-corrected chi connectivity index (χ4v) is 5.01. The van der Waals surface area contributed by atoms with Crippen LogP contribution >= 0.6 is 0 Å². The number of carbonyl (C=O) groups excluding carboxylic acids is 1. The lowest BCUT2D eigenvalue weighted by Gasteiger charge is -2.46. The monoisotopic (exact) mass is 374 g/mol. The molecule has 3 heterocycles. The molecule has 1 unspecified atom stereocenters. The van der Waals surface area contributed by atoms with Gasteiger partial charge >= 0.3 is 0 Å². The molecule has 1 amide bonds. The van der Waals surface area contributed by atoms with E-state index in [0.717, 1.165) is 83.4 Å². The van der Waals surface area contributed by atoms with Crippen LogP contribution in [0.25, 0.3) is 0 Å². The molecule has 3 aliphatic heterocycles. The zero-order valence-corrected chi connectivity index (χ0v) is 16.2. The van der Waals surface area contributed by atoms with Crippen LogP contribution in [0.5, 0.6) is 0 Å². The maximum atomic E-state index is 13.4. The lowest BCUT2D eigenvalue weighted by atomic mass is 9.78. The van der Waals surface area contributed by atoms with Crippen LogP contribution in [0, 0.1) is 11.7 Å². The molecule has 3 aliphatic rings. The van der Waals surface area contributed by atoms with Gasteiger partial charge in [-0.1, -0.05) is 12.1 Å². The van der Waals surface area contributed by atoms with Gasteiger partial charge in [-0.25, -0.2) is 4.39 Å². The Hall–Kier alpha value is -1.46. The predicted octanol–water partition coefficient (Wildman–Crippen LogP) is 3.60. The third-order valence-electron chi connectivity index (χ3n) is 6.58. The SMILES string of the molecule is O=C(CC1CCOC2(CCN(Cc3cccc(F)c3)CC2)C1)N1CCCC1. The summed E-state index contributed by atoms with van der Waals surface area (Å²) in [6.45, 7) is 5.42. The molecule has 0 N–H and O–H groups in total. The molecule has 0 aromatic heterocycles. The lowest BCUT2D eigenvalue weighted by Crippen LogP contribution is -2.49. The molecule has 4 nitrogen and oxygen atoms in total. The summed E-state index contributed by atoms with van der Waals surface area (Å²) >= 11 is 0. The minimum Gasteiger partial charge on any atom is -0.375 e. The van der Waals surface area contributed by atoms with Gasteiger partial charge in [0.25, 0.3) is 0 Å². The molecule has 1 spiro atoms. The van der Waals surface area contributed by atoms with Gasteiger partial charge in [0.1, 0.15) is 5.82 Å². The first-order valence-corrected chi connectivity index (χ1v) is 10.5. The number of hydrogen-bond donors (Lipinski definition) is 0. The molecule has 3 saturated heterocycles. The number of likely N-dealkylation sites (tertiary alicyclic amines) is 2. The van der Waals surface area contributed by atoms with E-state index in [4.69, 9.17) is 4.74 Å². The summed E-state index contributed by atoms with van der Waals surface area (Å²) in [6.07, 6.45) is 7.05. The van der Waals surface area contributed by atoms with Crippen LogP contribution in [0.4, 0.5) is 4.39 Å². The van der Waals surface area contributed by atoms with E-state index in [1.807, 2.05) is 11.0 Å². The Morgan fingerprint density at radius 1 is 1.19 bits per heavy atom. The minimum absolute atomic E-state index is 0.0490. The van der Waals surface area contributed by atoms with E-state index in [1.54, 1.807) is 12.1 Å². The zero-order valence-electron chi connectivity index (χ0n) is 16.2. The molecule has 148 valence electrons. The van der Waals surface area contributed by atoms with Crippen molar-refractivity contribution in [2.75, 3.05) is 32.8 Å². The van der Waals surface area contributed by atoms with E-state index in [9.17, 15) is 9.18 Å². The highest BCUT2D eigenvalue weighted by molar-refractivity contribution is 5.76. The van der Waals surface area contributed by atoms with E-state index in [0.29, 0.717) is 18.2 Å². The molecular formula is C22H31FN2O2. The Balaban J connectivity index is 1.28. The van der Waals surface area contributed by atoms with Crippen LogP contribution in [0.2, 0.25) is 0 Å². The number of nitrogens with zero attached hydrogens (tertiary/aromatic N) is 2. The number of rotatable bonds is 4. The van der Waals surface area contributed by atoms with Crippen molar-refractivity contribution < 1.29 is 13.9 Å². The van der Waals surface area contributed by atoms with Crippen LogP contribution in [-0.2, 0) is 16.1 Å². The summed E-state index contributed by atoms with van der Waals surface area (Å²) < 4.78 is 19.6. The molecule has 0 aliphatic carbocycles. The fourth-order valence-electron chi connectivity index (χ4n) is 5.01. The second-order valence-corrected chi connectivity index (χ2v) is 8.59. The maximum absolute atomic E-state index is 13.4. The first-order chi connectivity index (χ1) is 13.1. The number of benzene rings is 1. The summed E-state index contributed by atoms with van der Waals surface area (Å²) in [4.78, 5) is 17.0. The van der Waals surface area contributed by atoms with Crippen molar-refractivity contribution in [3.63, 3.8) is 0 Å². The van der Waals surface area contributed by atoms with Crippen LogP contribution in [0.3, 0.4) is 0 Å². The van der Waals surface area contributed by atoms with E-state index in [2.05, 4.69) is 4.90 Å². The van der Waals surface area contributed by atoms with Crippen molar-refractivity contribution in [3.05, 3.63) is 35.6 Å². The van der Waals surface area contributed by atoms with E-state index >= 15 is 0 Å². The lowest BCUT2D eigenvalue weighted by molar-refractivity contribution is -0.141. The van der Waals surface area contributed by atoms with E-state index < -0.39 is 0 Å². The molecule has 0 radical (unpaired) electrons. The molecule has 5 heteroatoms. The van der Waals surface area contributed by atoms with Crippen LogP contribution in [0.1, 0.15) is 50.5 Å². The van der Waals surface area contributed by atoms with Crippen molar-refractivity contribution in [2.24, 2.45) is 5.92 Å². The van der Waals surface area contributed by atoms with Crippen molar-refractivity contribution in [3.8, 4) is 0 Å². The Morgan fingerprint density at radius 3 is 2.70 bits per heavy atom. The van der Waals surface area contributed by atoms with Gasteiger partial charge in [0.05, 0.1) is 5.60 Å². The molecule has 3 fully saturated rings. The molecule has 1 aromatic carbocycles. The third kappa shape index (κ3) is 4.69. The molecule has 4 rings (SSSR count). The molecule has 0 bridgehead atoms. The molecule has 1 aromatic rings. The van der Waals surface area contributed by atoms with E-state index in [1.165, 1.54) is 6.07 Å². The minimum atomic E-state index is -0.165. The van der Waals surface area contributed by atoms with Crippen molar-refractivity contribution in [1.82, 2.24) is 9.80 Å². The third-order valence-corrected chi connectivity index (χ3v) is 6.58. The molecular weight excluding hydrogens is 343 g/mol. The van der Waals surface area contributed by atoms with Crippen LogP contribution in [0.15, 0.2) is 24.3 Å². The largest absolute Gasteiger partial charge is 0.375 e. The fraction of sp³-hybridized carbons (Fsp3) is 0.682. The first-order valence-electron chi connectivity index (χ1n) is 10.5. The van der Waals surface area contributed by atoms with Gasteiger partial charge in [0, 0.05) is 45.8 Å². The maximum Gasteiger partial charge on any atom is 0.222 e. The average Bonchev–Trinajstić information content (AvgIpc) is 3.19. The number of amides is 1. The van der Waals surface area contributed by atoms with Gasteiger partial charge in [-0.15, -0.1) is 0 Å². The summed E-state index contributed by atoms with van der Waals surface area (Å²) in [6, 6.07) is 6.89. The first kappa shape index (κ1) is 18.9. The predicted molar refractivity (Wildman–Crippen MR) is 103 cm³/mol. The smallest absolute Gasteiger partial charge is 0.222 e. The standard InChI is InChI=1S/C22H31FN2O2/c23-20-5-3-4-19(14-20)17-24-11-7-22(8-12-24)16-18(6-13-27-22)15-21(26)25-9-1-2-10-25/h3-5,14,18H,1-2,6-13,15-17H2. The Morgan fingerprint density at radius 2 is 1.96 bits per heavy atom. The second kappa shape index (κ2) is 8.27. The van der Waals surface area contributed by atoms with Crippen molar-refractivity contribution in [2.45, 2.75) is 57.1 Å². The second-order valence-electron chi connectivity index (χ2n) is 8.59. The molecule has 27 heavy (non-hydrogen) atoms. The van der Waals surface area contributed by atoms with Crippen LogP contribution in [-0.4, -0.2) is 54.1 Å². The van der Waals surface area contributed by atoms with Gasteiger partial charge in [0.15, 0.2) is 0 Å². The Kier molecular flexibility index (Phi) is 5.79.